The smallest absolute Gasteiger partial charge is 0.136 e. The fourth-order valence-electron chi connectivity index (χ4n) is 2.74. The molecule has 1 aliphatic carbocycles. The van der Waals surface area contributed by atoms with E-state index in [9.17, 15) is 4.79 Å². The molecule has 1 fully saturated rings. The number of rotatable bonds is 4. The van der Waals surface area contributed by atoms with Crippen molar-refractivity contribution in [1.82, 2.24) is 0 Å². The zero-order valence-electron chi connectivity index (χ0n) is 10.0. The number of ketones is 1. The van der Waals surface area contributed by atoms with Crippen LogP contribution in [0.2, 0.25) is 0 Å². The summed E-state index contributed by atoms with van der Waals surface area (Å²) in [6.45, 7) is 9.04. The van der Waals surface area contributed by atoms with Gasteiger partial charge in [-0.05, 0) is 37.0 Å². The summed E-state index contributed by atoms with van der Waals surface area (Å²) in [6.07, 6.45) is 4.33. The molecule has 1 aliphatic rings. The van der Waals surface area contributed by atoms with Gasteiger partial charge in [-0.3, -0.25) is 4.79 Å². The molecule has 0 aliphatic heterocycles. The first kappa shape index (κ1) is 11.7. The van der Waals surface area contributed by atoms with E-state index in [2.05, 4.69) is 27.7 Å². The quantitative estimate of drug-likeness (QED) is 0.670. The Hall–Kier alpha value is -0.330. The normalized spacial score (nSPS) is 25.0. The summed E-state index contributed by atoms with van der Waals surface area (Å²) in [5.41, 5.74) is 0. The molecular formula is C13H24O. The largest absolute Gasteiger partial charge is 0.299 e. The van der Waals surface area contributed by atoms with Crippen LogP contribution in [-0.2, 0) is 4.79 Å². The van der Waals surface area contributed by atoms with Crippen LogP contribution in [0.4, 0.5) is 0 Å². The summed E-state index contributed by atoms with van der Waals surface area (Å²) < 4.78 is 0. The second kappa shape index (κ2) is 4.95. The zero-order valence-corrected chi connectivity index (χ0v) is 10.0. The van der Waals surface area contributed by atoms with Gasteiger partial charge in [0.05, 0.1) is 0 Å². The Balaban J connectivity index is 2.61. The van der Waals surface area contributed by atoms with Gasteiger partial charge in [0.25, 0.3) is 0 Å². The molecule has 0 aromatic heterocycles. The molecule has 0 radical (unpaired) electrons. The maximum atomic E-state index is 11.7. The molecular weight excluding hydrogens is 172 g/mol. The maximum absolute atomic E-state index is 11.7. The second-order valence-corrected chi connectivity index (χ2v) is 5.50. The van der Waals surface area contributed by atoms with Crippen molar-refractivity contribution >= 4 is 5.78 Å². The van der Waals surface area contributed by atoms with E-state index < -0.39 is 0 Å². The van der Waals surface area contributed by atoms with Crippen LogP contribution in [0.15, 0.2) is 0 Å². The van der Waals surface area contributed by atoms with E-state index in [0.717, 1.165) is 25.2 Å². The van der Waals surface area contributed by atoms with Crippen molar-refractivity contribution in [2.45, 2.75) is 53.4 Å². The molecule has 1 nitrogen and oxygen atoms in total. The van der Waals surface area contributed by atoms with Crippen LogP contribution >= 0.6 is 0 Å². The van der Waals surface area contributed by atoms with Gasteiger partial charge in [0.2, 0.25) is 0 Å². The average molecular weight is 196 g/mol. The van der Waals surface area contributed by atoms with Crippen LogP contribution in [0, 0.1) is 23.7 Å². The highest BCUT2D eigenvalue weighted by molar-refractivity contribution is 5.83. The van der Waals surface area contributed by atoms with Gasteiger partial charge >= 0.3 is 0 Å². The first-order chi connectivity index (χ1) is 6.52. The summed E-state index contributed by atoms with van der Waals surface area (Å²) >= 11 is 0. The first-order valence-electron chi connectivity index (χ1n) is 6.05. The molecule has 0 amide bonds. The summed E-state index contributed by atoms with van der Waals surface area (Å²) in [6, 6.07) is 0. The van der Waals surface area contributed by atoms with Gasteiger partial charge in [-0.15, -0.1) is 0 Å². The van der Waals surface area contributed by atoms with Gasteiger partial charge in [0.1, 0.15) is 5.78 Å². The lowest BCUT2D eigenvalue weighted by atomic mass is 9.77. The van der Waals surface area contributed by atoms with Crippen molar-refractivity contribution in [1.29, 1.82) is 0 Å². The van der Waals surface area contributed by atoms with Gasteiger partial charge in [-0.25, -0.2) is 0 Å². The van der Waals surface area contributed by atoms with Crippen LogP contribution in [0.5, 0.6) is 0 Å². The summed E-state index contributed by atoms with van der Waals surface area (Å²) in [5, 5.41) is 0. The summed E-state index contributed by atoms with van der Waals surface area (Å²) in [5.74, 6) is 2.92. The molecule has 1 heteroatoms. The Kier molecular flexibility index (Phi) is 4.15. The molecule has 0 saturated heterocycles. The molecule has 0 heterocycles. The van der Waals surface area contributed by atoms with Crippen molar-refractivity contribution < 1.29 is 4.79 Å². The molecule has 1 rings (SSSR count). The second-order valence-electron chi connectivity index (χ2n) is 5.50. The molecule has 14 heavy (non-hydrogen) atoms. The number of hydrogen-bond donors (Lipinski definition) is 0. The van der Waals surface area contributed by atoms with Gasteiger partial charge in [0, 0.05) is 12.3 Å². The van der Waals surface area contributed by atoms with Crippen molar-refractivity contribution in [3.8, 4) is 0 Å². The highest BCUT2D eigenvalue weighted by atomic mass is 16.1. The van der Waals surface area contributed by atoms with Crippen LogP contribution in [0.25, 0.3) is 0 Å². The van der Waals surface area contributed by atoms with Crippen molar-refractivity contribution in [3.05, 3.63) is 0 Å². The summed E-state index contributed by atoms with van der Waals surface area (Å²) in [4.78, 5) is 11.7. The first-order valence-corrected chi connectivity index (χ1v) is 6.05. The Morgan fingerprint density at radius 2 is 1.93 bits per heavy atom. The Morgan fingerprint density at radius 1 is 1.29 bits per heavy atom. The SMILES string of the molecule is CC(C)CC(C(C)C)C1CCCC1=O. The van der Waals surface area contributed by atoms with Crippen LogP contribution in [-0.4, -0.2) is 5.78 Å². The Labute approximate surface area is 88.3 Å². The third-order valence-corrected chi connectivity index (χ3v) is 3.47. The predicted molar refractivity (Wildman–Crippen MR) is 60.1 cm³/mol. The topological polar surface area (TPSA) is 17.1 Å². The molecule has 82 valence electrons. The molecule has 0 N–H and O–H groups in total. The van der Waals surface area contributed by atoms with Gasteiger partial charge < -0.3 is 0 Å². The van der Waals surface area contributed by atoms with Gasteiger partial charge in [0.15, 0.2) is 0 Å². The molecule has 2 atom stereocenters. The van der Waals surface area contributed by atoms with Crippen LogP contribution in [0.3, 0.4) is 0 Å². The van der Waals surface area contributed by atoms with E-state index in [0.29, 0.717) is 23.5 Å². The standard InChI is InChI=1S/C13H24O/c1-9(2)8-12(10(3)4)11-6-5-7-13(11)14/h9-12H,5-8H2,1-4H3. The van der Waals surface area contributed by atoms with Crippen molar-refractivity contribution in [2.24, 2.45) is 23.7 Å². The fraction of sp³-hybridized carbons (Fsp3) is 0.923. The molecule has 0 aromatic carbocycles. The minimum absolute atomic E-state index is 0.386. The number of carbonyl (C=O) groups is 1. The molecule has 1 saturated carbocycles. The third-order valence-electron chi connectivity index (χ3n) is 3.47. The molecule has 0 spiro atoms. The predicted octanol–water partition coefficient (Wildman–Crippen LogP) is 3.67. The maximum Gasteiger partial charge on any atom is 0.136 e. The Bertz CT molecular complexity index is 193. The van der Waals surface area contributed by atoms with E-state index in [1.807, 2.05) is 0 Å². The minimum atomic E-state index is 0.386. The van der Waals surface area contributed by atoms with E-state index in [-0.39, 0.29) is 0 Å². The number of Topliss-reactive ketones (excluding diaryl/α,β-unsaturated/α-hetero) is 1. The lowest BCUT2D eigenvalue weighted by molar-refractivity contribution is -0.122. The Morgan fingerprint density at radius 3 is 2.29 bits per heavy atom. The zero-order chi connectivity index (χ0) is 10.7. The summed E-state index contributed by atoms with van der Waals surface area (Å²) in [7, 11) is 0. The molecule has 0 bridgehead atoms. The van der Waals surface area contributed by atoms with Crippen molar-refractivity contribution in [3.63, 3.8) is 0 Å². The minimum Gasteiger partial charge on any atom is -0.299 e. The lowest BCUT2D eigenvalue weighted by Gasteiger charge is -2.27. The van der Waals surface area contributed by atoms with E-state index >= 15 is 0 Å². The van der Waals surface area contributed by atoms with E-state index in [1.54, 1.807) is 0 Å². The average Bonchev–Trinajstić information content (AvgIpc) is 2.46. The third kappa shape index (κ3) is 2.83. The van der Waals surface area contributed by atoms with Crippen LogP contribution in [0.1, 0.15) is 53.4 Å². The monoisotopic (exact) mass is 196 g/mol. The van der Waals surface area contributed by atoms with Crippen LogP contribution < -0.4 is 0 Å². The van der Waals surface area contributed by atoms with E-state index in [1.165, 1.54) is 6.42 Å². The highest BCUT2D eigenvalue weighted by Gasteiger charge is 2.33. The molecule has 0 aromatic rings. The molecule has 2 unspecified atom stereocenters. The van der Waals surface area contributed by atoms with Crippen molar-refractivity contribution in [2.75, 3.05) is 0 Å². The lowest BCUT2D eigenvalue weighted by Crippen LogP contribution is -2.25. The fourth-order valence-corrected chi connectivity index (χ4v) is 2.74. The number of carbonyl (C=O) groups excluding carboxylic acids is 1. The van der Waals surface area contributed by atoms with Gasteiger partial charge in [-0.2, -0.15) is 0 Å². The van der Waals surface area contributed by atoms with Gasteiger partial charge in [-0.1, -0.05) is 27.7 Å². The number of hydrogen-bond acceptors (Lipinski definition) is 1. The highest BCUT2D eigenvalue weighted by Crippen LogP contribution is 2.36. The van der Waals surface area contributed by atoms with E-state index in [4.69, 9.17) is 0 Å².